The molecule has 0 amide bonds. The SMILES string of the molecule is COC(=O)c1ccc(CNC2(C)CCCOC2)nc1. The van der Waals surface area contributed by atoms with Crippen molar-refractivity contribution in [3.05, 3.63) is 29.6 Å². The summed E-state index contributed by atoms with van der Waals surface area (Å²) in [6.45, 7) is 4.41. The zero-order valence-electron chi connectivity index (χ0n) is 11.4. The maximum atomic E-state index is 11.3. The summed E-state index contributed by atoms with van der Waals surface area (Å²) in [6.07, 6.45) is 3.73. The first kappa shape index (κ1) is 14.0. The third kappa shape index (κ3) is 3.75. The van der Waals surface area contributed by atoms with E-state index in [2.05, 4.69) is 22.0 Å². The van der Waals surface area contributed by atoms with Gasteiger partial charge in [-0.2, -0.15) is 0 Å². The Morgan fingerprint density at radius 1 is 1.58 bits per heavy atom. The first-order chi connectivity index (χ1) is 9.13. The van der Waals surface area contributed by atoms with Crippen molar-refractivity contribution >= 4 is 5.97 Å². The van der Waals surface area contributed by atoms with Gasteiger partial charge in [0.2, 0.25) is 0 Å². The summed E-state index contributed by atoms with van der Waals surface area (Å²) in [6, 6.07) is 3.57. The van der Waals surface area contributed by atoms with E-state index in [4.69, 9.17) is 4.74 Å². The van der Waals surface area contributed by atoms with Gasteiger partial charge in [0.1, 0.15) is 0 Å². The van der Waals surface area contributed by atoms with Gasteiger partial charge in [-0.05, 0) is 31.9 Å². The number of carbonyl (C=O) groups is 1. The Hall–Kier alpha value is -1.46. The molecule has 1 aliphatic heterocycles. The molecular formula is C14H20N2O3. The molecule has 2 rings (SSSR count). The van der Waals surface area contributed by atoms with Gasteiger partial charge in [-0.1, -0.05) is 0 Å². The Labute approximate surface area is 113 Å². The van der Waals surface area contributed by atoms with Crippen LogP contribution in [0.5, 0.6) is 0 Å². The van der Waals surface area contributed by atoms with Gasteiger partial charge in [0.15, 0.2) is 0 Å². The highest BCUT2D eigenvalue weighted by atomic mass is 16.5. The number of aromatic nitrogens is 1. The molecule has 1 atom stereocenters. The smallest absolute Gasteiger partial charge is 0.339 e. The highest BCUT2D eigenvalue weighted by Gasteiger charge is 2.26. The van der Waals surface area contributed by atoms with Gasteiger partial charge < -0.3 is 14.8 Å². The van der Waals surface area contributed by atoms with Crippen LogP contribution in [0.2, 0.25) is 0 Å². The van der Waals surface area contributed by atoms with E-state index in [9.17, 15) is 4.79 Å². The molecule has 0 bridgehead atoms. The van der Waals surface area contributed by atoms with Gasteiger partial charge >= 0.3 is 5.97 Å². The number of ether oxygens (including phenoxy) is 2. The van der Waals surface area contributed by atoms with Gasteiger partial charge in [-0.3, -0.25) is 4.98 Å². The second-order valence-corrected chi connectivity index (χ2v) is 5.10. The molecule has 1 aromatic rings. The summed E-state index contributed by atoms with van der Waals surface area (Å²) in [4.78, 5) is 15.5. The number of hydrogen-bond donors (Lipinski definition) is 1. The standard InChI is InChI=1S/C14H20N2O3/c1-14(6-3-7-19-10-14)16-9-12-5-4-11(8-15-12)13(17)18-2/h4-5,8,16H,3,6-7,9-10H2,1-2H3. The van der Waals surface area contributed by atoms with Gasteiger partial charge in [-0.25, -0.2) is 4.79 Å². The molecule has 0 aromatic carbocycles. The number of rotatable bonds is 4. The van der Waals surface area contributed by atoms with Crippen LogP contribution in [0.1, 0.15) is 35.8 Å². The summed E-state index contributed by atoms with van der Waals surface area (Å²) in [7, 11) is 1.36. The number of carbonyl (C=O) groups excluding carboxylic acids is 1. The summed E-state index contributed by atoms with van der Waals surface area (Å²) >= 11 is 0. The lowest BCUT2D eigenvalue weighted by molar-refractivity contribution is 0.0276. The predicted molar refractivity (Wildman–Crippen MR) is 70.9 cm³/mol. The maximum Gasteiger partial charge on any atom is 0.339 e. The Bertz CT molecular complexity index is 425. The molecule has 0 aliphatic carbocycles. The molecule has 0 spiro atoms. The summed E-state index contributed by atoms with van der Waals surface area (Å²) in [5.41, 5.74) is 1.39. The second kappa shape index (κ2) is 6.12. The average molecular weight is 264 g/mol. The van der Waals surface area contributed by atoms with Crippen LogP contribution in [0.3, 0.4) is 0 Å². The average Bonchev–Trinajstić information content (AvgIpc) is 2.46. The van der Waals surface area contributed by atoms with Crippen LogP contribution in [0.25, 0.3) is 0 Å². The summed E-state index contributed by atoms with van der Waals surface area (Å²) < 4.78 is 10.1. The Morgan fingerprint density at radius 2 is 2.42 bits per heavy atom. The molecule has 1 aliphatic rings. The Kier molecular flexibility index (Phi) is 4.50. The molecule has 1 saturated heterocycles. The van der Waals surface area contributed by atoms with E-state index < -0.39 is 0 Å². The van der Waals surface area contributed by atoms with E-state index in [1.165, 1.54) is 7.11 Å². The van der Waals surface area contributed by atoms with Crippen molar-refractivity contribution in [1.29, 1.82) is 0 Å². The molecule has 1 unspecified atom stereocenters. The van der Waals surface area contributed by atoms with Gasteiger partial charge in [0.05, 0.1) is 25.0 Å². The van der Waals surface area contributed by atoms with E-state index in [0.717, 1.165) is 31.7 Å². The molecule has 2 heterocycles. The Balaban J connectivity index is 1.91. The van der Waals surface area contributed by atoms with Crippen LogP contribution in [0, 0.1) is 0 Å². The molecule has 5 heteroatoms. The van der Waals surface area contributed by atoms with Crippen molar-refractivity contribution in [3.63, 3.8) is 0 Å². The molecule has 104 valence electrons. The lowest BCUT2D eigenvalue weighted by Gasteiger charge is -2.34. The van der Waals surface area contributed by atoms with Gasteiger partial charge in [-0.15, -0.1) is 0 Å². The molecule has 5 nitrogen and oxygen atoms in total. The highest BCUT2D eigenvalue weighted by molar-refractivity contribution is 5.88. The van der Waals surface area contributed by atoms with E-state index in [1.807, 2.05) is 6.07 Å². The van der Waals surface area contributed by atoms with Crippen molar-refractivity contribution < 1.29 is 14.3 Å². The fraction of sp³-hybridized carbons (Fsp3) is 0.571. The molecule has 19 heavy (non-hydrogen) atoms. The largest absolute Gasteiger partial charge is 0.465 e. The van der Waals surface area contributed by atoms with Crippen molar-refractivity contribution in [2.24, 2.45) is 0 Å². The van der Waals surface area contributed by atoms with Crippen molar-refractivity contribution in [3.8, 4) is 0 Å². The lowest BCUT2D eigenvalue weighted by atomic mass is 9.95. The summed E-state index contributed by atoms with van der Waals surface area (Å²) in [5, 5.41) is 3.47. The Morgan fingerprint density at radius 3 is 3.00 bits per heavy atom. The van der Waals surface area contributed by atoms with Gasteiger partial charge in [0.25, 0.3) is 0 Å². The highest BCUT2D eigenvalue weighted by Crippen LogP contribution is 2.18. The van der Waals surface area contributed by atoms with Gasteiger partial charge in [0, 0.05) is 24.9 Å². The zero-order chi connectivity index (χ0) is 13.7. The number of nitrogens with one attached hydrogen (secondary N) is 1. The molecule has 0 radical (unpaired) electrons. The predicted octanol–water partition coefficient (Wildman–Crippen LogP) is 1.53. The normalized spacial score (nSPS) is 23.1. The molecule has 1 N–H and O–H groups in total. The minimum Gasteiger partial charge on any atom is -0.465 e. The molecule has 1 fully saturated rings. The third-order valence-corrected chi connectivity index (χ3v) is 3.38. The van der Waals surface area contributed by atoms with E-state index >= 15 is 0 Å². The third-order valence-electron chi connectivity index (χ3n) is 3.38. The van der Waals surface area contributed by atoms with Crippen LogP contribution < -0.4 is 5.32 Å². The topological polar surface area (TPSA) is 60.5 Å². The fourth-order valence-corrected chi connectivity index (χ4v) is 2.15. The van der Waals surface area contributed by atoms with Crippen LogP contribution >= 0.6 is 0 Å². The second-order valence-electron chi connectivity index (χ2n) is 5.10. The molecule has 1 aromatic heterocycles. The van der Waals surface area contributed by atoms with Crippen LogP contribution in [0.4, 0.5) is 0 Å². The quantitative estimate of drug-likeness (QED) is 0.836. The first-order valence-corrected chi connectivity index (χ1v) is 6.49. The number of methoxy groups -OCH3 is 1. The minimum absolute atomic E-state index is 0.0148. The number of nitrogens with zero attached hydrogens (tertiary/aromatic N) is 1. The van der Waals surface area contributed by atoms with Crippen molar-refractivity contribution in [2.75, 3.05) is 20.3 Å². The van der Waals surface area contributed by atoms with Crippen LogP contribution in [-0.2, 0) is 16.0 Å². The number of esters is 1. The fourth-order valence-electron chi connectivity index (χ4n) is 2.15. The maximum absolute atomic E-state index is 11.3. The lowest BCUT2D eigenvalue weighted by Crippen LogP contribution is -2.48. The zero-order valence-corrected chi connectivity index (χ0v) is 11.4. The van der Waals surface area contributed by atoms with Crippen molar-refractivity contribution in [2.45, 2.75) is 31.8 Å². The number of pyridine rings is 1. The molecule has 0 saturated carbocycles. The first-order valence-electron chi connectivity index (χ1n) is 6.49. The van der Waals surface area contributed by atoms with Crippen LogP contribution in [-0.4, -0.2) is 36.8 Å². The van der Waals surface area contributed by atoms with E-state index in [-0.39, 0.29) is 11.5 Å². The van der Waals surface area contributed by atoms with Crippen LogP contribution in [0.15, 0.2) is 18.3 Å². The monoisotopic (exact) mass is 264 g/mol. The van der Waals surface area contributed by atoms with E-state index in [1.54, 1.807) is 12.3 Å². The number of hydrogen-bond acceptors (Lipinski definition) is 5. The minimum atomic E-state index is -0.361. The summed E-state index contributed by atoms with van der Waals surface area (Å²) in [5.74, 6) is -0.361. The van der Waals surface area contributed by atoms with E-state index in [0.29, 0.717) is 12.1 Å². The molecular weight excluding hydrogens is 244 g/mol. The van der Waals surface area contributed by atoms with Crippen molar-refractivity contribution in [1.82, 2.24) is 10.3 Å².